The van der Waals surface area contributed by atoms with Crippen molar-refractivity contribution in [2.75, 3.05) is 0 Å². The SMILES string of the molecule is O=C(NCc1ccccc1)N[C@@H](Cn1cnc2ccccc21)c1ccc(F)cc1. The second-order valence-corrected chi connectivity index (χ2v) is 6.80. The predicted molar refractivity (Wildman–Crippen MR) is 111 cm³/mol. The second-order valence-electron chi connectivity index (χ2n) is 6.80. The van der Waals surface area contributed by atoms with Crippen LogP contribution in [-0.4, -0.2) is 15.6 Å². The van der Waals surface area contributed by atoms with Crippen LogP contribution in [0, 0.1) is 5.82 Å². The molecule has 4 rings (SSSR count). The van der Waals surface area contributed by atoms with Gasteiger partial charge in [0.15, 0.2) is 0 Å². The number of amides is 2. The number of halogens is 1. The molecule has 0 aliphatic heterocycles. The third-order valence-electron chi connectivity index (χ3n) is 4.78. The van der Waals surface area contributed by atoms with Crippen LogP contribution < -0.4 is 10.6 Å². The lowest BCUT2D eigenvalue weighted by atomic mass is 10.1. The normalized spacial score (nSPS) is 11.9. The standard InChI is InChI=1S/C23H21FN4O/c24-19-12-10-18(11-13-19)21(15-28-16-26-20-8-4-5-9-22(20)28)27-23(29)25-14-17-6-2-1-3-7-17/h1-13,16,21H,14-15H2,(H2,25,27,29)/t21-/m0/s1. The number of fused-ring (bicyclic) bond motifs is 1. The lowest BCUT2D eigenvalue weighted by Gasteiger charge is -2.21. The Labute approximate surface area is 168 Å². The van der Waals surface area contributed by atoms with Crippen molar-refractivity contribution in [1.29, 1.82) is 0 Å². The summed E-state index contributed by atoms with van der Waals surface area (Å²) < 4.78 is 15.4. The Hall–Kier alpha value is -3.67. The molecular weight excluding hydrogens is 367 g/mol. The molecule has 146 valence electrons. The largest absolute Gasteiger partial charge is 0.334 e. The number of nitrogens with zero attached hydrogens (tertiary/aromatic N) is 2. The number of para-hydroxylation sites is 2. The molecule has 0 fully saturated rings. The molecule has 5 nitrogen and oxygen atoms in total. The van der Waals surface area contributed by atoms with E-state index in [1.54, 1.807) is 18.5 Å². The number of urea groups is 1. The summed E-state index contributed by atoms with van der Waals surface area (Å²) in [6.07, 6.45) is 1.75. The topological polar surface area (TPSA) is 59.0 Å². The number of imidazole rings is 1. The Morgan fingerprint density at radius 3 is 2.48 bits per heavy atom. The van der Waals surface area contributed by atoms with E-state index in [9.17, 15) is 9.18 Å². The highest BCUT2D eigenvalue weighted by molar-refractivity contribution is 5.76. The van der Waals surface area contributed by atoms with Crippen molar-refractivity contribution in [1.82, 2.24) is 20.2 Å². The van der Waals surface area contributed by atoms with Crippen LogP contribution in [0.15, 0.2) is 85.2 Å². The molecule has 0 saturated heterocycles. The monoisotopic (exact) mass is 388 g/mol. The van der Waals surface area contributed by atoms with Crippen molar-refractivity contribution in [3.8, 4) is 0 Å². The molecule has 2 amide bonds. The zero-order chi connectivity index (χ0) is 20.1. The molecule has 0 radical (unpaired) electrons. The molecule has 1 atom stereocenters. The molecule has 4 aromatic rings. The molecule has 0 unspecified atom stereocenters. The molecule has 0 bridgehead atoms. The number of benzene rings is 3. The third-order valence-corrected chi connectivity index (χ3v) is 4.78. The van der Waals surface area contributed by atoms with Crippen LogP contribution in [-0.2, 0) is 13.1 Å². The zero-order valence-corrected chi connectivity index (χ0v) is 15.8. The summed E-state index contributed by atoms with van der Waals surface area (Å²) in [6, 6.07) is 23.1. The summed E-state index contributed by atoms with van der Waals surface area (Å²) in [5.74, 6) is -0.311. The van der Waals surface area contributed by atoms with Gasteiger partial charge in [-0.3, -0.25) is 0 Å². The number of nitrogens with one attached hydrogen (secondary N) is 2. The first-order valence-corrected chi connectivity index (χ1v) is 9.43. The molecular formula is C23H21FN4O. The molecule has 0 aliphatic rings. The van der Waals surface area contributed by atoms with Gasteiger partial charge < -0.3 is 15.2 Å². The average molecular weight is 388 g/mol. The van der Waals surface area contributed by atoms with Gasteiger partial charge in [-0.1, -0.05) is 54.6 Å². The molecule has 0 aliphatic carbocycles. The minimum atomic E-state index is -0.344. The van der Waals surface area contributed by atoms with E-state index in [-0.39, 0.29) is 17.9 Å². The number of hydrogen-bond acceptors (Lipinski definition) is 2. The molecule has 3 aromatic carbocycles. The van der Waals surface area contributed by atoms with E-state index in [4.69, 9.17) is 0 Å². The Balaban J connectivity index is 1.52. The molecule has 6 heteroatoms. The predicted octanol–water partition coefficient (Wildman–Crippen LogP) is 4.42. The first kappa shape index (κ1) is 18.7. The lowest BCUT2D eigenvalue weighted by molar-refractivity contribution is 0.235. The van der Waals surface area contributed by atoms with Crippen molar-refractivity contribution in [2.45, 2.75) is 19.1 Å². The van der Waals surface area contributed by atoms with Crippen molar-refractivity contribution in [3.63, 3.8) is 0 Å². The first-order valence-electron chi connectivity index (χ1n) is 9.43. The summed E-state index contributed by atoms with van der Waals surface area (Å²) in [4.78, 5) is 16.9. The quantitative estimate of drug-likeness (QED) is 0.514. The molecule has 2 N–H and O–H groups in total. The van der Waals surface area contributed by atoms with Crippen LogP contribution in [0.3, 0.4) is 0 Å². The lowest BCUT2D eigenvalue weighted by Crippen LogP contribution is -2.39. The van der Waals surface area contributed by atoms with E-state index in [1.165, 1.54) is 12.1 Å². The highest BCUT2D eigenvalue weighted by Gasteiger charge is 2.17. The Kier molecular flexibility index (Phi) is 5.52. The molecule has 29 heavy (non-hydrogen) atoms. The second kappa shape index (κ2) is 8.56. The summed E-state index contributed by atoms with van der Waals surface area (Å²) in [6.45, 7) is 0.904. The van der Waals surface area contributed by atoms with Crippen LogP contribution in [0.4, 0.5) is 9.18 Å². The van der Waals surface area contributed by atoms with Crippen LogP contribution in [0.2, 0.25) is 0 Å². The maximum Gasteiger partial charge on any atom is 0.315 e. The van der Waals surface area contributed by atoms with E-state index >= 15 is 0 Å². The van der Waals surface area contributed by atoms with Gasteiger partial charge in [0.1, 0.15) is 5.82 Å². The van der Waals surface area contributed by atoms with Crippen molar-refractivity contribution in [2.24, 2.45) is 0 Å². The Bertz CT molecular complexity index is 1090. The van der Waals surface area contributed by atoms with E-state index in [2.05, 4.69) is 15.6 Å². The number of rotatable bonds is 6. The molecule has 1 aromatic heterocycles. The van der Waals surface area contributed by atoms with Crippen LogP contribution in [0.5, 0.6) is 0 Å². The van der Waals surface area contributed by atoms with Gasteiger partial charge in [0, 0.05) is 13.1 Å². The van der Waals surface area contributed by atoms with Crippen molar-refractivity contribution >= 4 is 17.1 Å². The molecule has 0 saturated carbocycles. The van der Waals surface area contributed by atoms with Gasteiger partial charge in [0.25, 0.3) is 0 Å². The van der Waals surface area contributed by atoms with Gasteiger partial charge in [-0.15, -0.1) is 0 Å². The van der Waals surface area contributed by atoms with Crippen molar-refractivity contribution < 1.29 is 9.18 Å². The number of hydrogen-bond donors (Lipinski definition) is 2. The summed E-state index contributed by atoms with van der Waals surface area (Å²) in [7, 11) is 0. The third kappa shape index (κ3) is 4.60. The van der Waals surface area contributed by atoms with E-state index in [1.807, 2.05) is 59.2 Å². The van der Waals surface area contributed by atoms with Crippen LogP contribution in [0.25, 0.3) is 11.0 Å². The summed E-state index contributed by atoms with van der Waals surface area (Å²) in [5.41, 5.74) is 3.70. The van der Waals surface area contributed by atoms with Gasteiger partial charge in [-0.05, 0) is 35.4 Å². The fraction of sp³-hybridized carbons (Fsp3) is 0.130. The summed E-state index contributed by atoms with van der Waals surface area (Å²) in [5, 5.41) is 5.88. The Morgan fingerprint density at radius 2 is 1.69 bits per heavy atom. The number of carbonyl (C=O) groups is 1. The van der Waals surface area contributed by atoms with Gasteiger partial charge in [-0.25, -0.2) is 14.2 Å². The Morgan fingerprint density at radius 1 is 0.966 bits per heavy atom. The summed E-state index contributed by atoms with van der Waals surface area (Å²) >= 11 is 0. The highest BCUT2D eigenvalue weighted by atomic mass is 19.1. The smallest absolute Gasteiger partial charge is 0.315 e. The first-order chi connectivity index (χ1) is 14.2. The van der Waals surface area contributed by atoms with Gasteiger partial charge in [0.2, 0.25) is 0 Å². The van der Waals surface area contributed by atoms with Gasteiger partial charge in [-0.2, -0.15) is 0 Å². The van der Waals surface area contributed by atoms with Gasteiger partial charge >= 0.3 is 6.03 Å². The number of aromatic nitrogens is 2. The number of carbonyl (C=O) groups excluding carboxylic acids is 1. The average Bonchev–Trinajstić information content (AvgIpc) is 3.16. The van der Waals surface area contributed by atoms with Crippen LogP contribution in [0.1, 0.15) is 17.2 Å². The van der Waals surface area contributed by atoms with E-state index in [0.29, 0.717) is 13.1 Å². The van der Waals surface area contributed by atoms with E-state index in [0.717, 1.165) is 22.2 Å². The minimum Gasteiger partial charge on any atom is -0.334 e. The minimum absolute atomic E-state index is 0.285. The maximum atomic E-state index is 13.4. The highest BCUT2D eigenvalue weighted by Crippen LogP contribution is 2.20. The fourth-order valence-corrected chi connectivity index (χ4v) is 3.27. The zero-order valence-electron chi connectivity index (χ0n) is 15.8. The fourth-order valence-electron chi connectivity index (χ4n) is 3.27. The maximum absolute atomic E-state index is 13.4. The molecule has 0 spiro atoms. The van der Waals surface area contributed by atoms with E-state index < -0.39 is 0 Å². The molecule has 1 heterocycles. The van der Waals surface area contributed by atoms with Crippen LogP contribution >= 0.6 is 0 Å². The van der Waals surface area contributed by atoms with Crippen molar-refractivity contribution in [3.05, 3.63) is 102 Å². The van der Waals surface area contributed by atoms with Gasteiger partial charge in [0.05, 0.1) is 23.4 Å².